The molecule has 0 N–H and O–H groups in total. The molecule has 1 aliphatic heterocycles. The van der Waals surface area contributed by atoms with Gasteiger partial charge in [-0.3, -0.25) is 4.90 Å². The molecule has 0 saturated carbocycles. The molecule has 104 valence electrons. The van der Waals surface area contributed by atoms with Gasteiger partial charge in [0.15, 0.2) is 0 Å². The van der Waals surface area contributed by atoms with E-state index in [1.54, 1.807) is 0 Å². The zero-order chi connectivity index (χ0) is 13.5. The molecule has 0 unspecified atom stereocenters. The number of aryl methyl sites for hydroxylation is 1. The van der Waals surface area contributed by atoms with Crippen LogP contribution in [0, 0.1) is 5.41 Å². The molecule has 1 aliphatic carbocycles. The van der Waals surface area contributed by atoms with E-state index in [4.69, 9.17) is 16.6 Å². The Morgan fingerprint density at radius 3 is 2.68 bits per heavy atom. The van der Waals surface area contributed by atoms with Crippen LogP contribution >= 0.6 is 11.6 Å². The van der Waals surface area contributed by atoms with Gasteiger partial charge in [-0.2, -0.15) is 0 Å². The number of aromatic nitrogens is 2. The Balaban J connectivity index is 1.83. The number of fused-ring (bicyclic) bond motifs is 1. The van der Waals surface area contributed by atoms with Gasteiger partial charge in [-0.15, -0.1) is 0 Å². The van der Waals surface area contributed by atoms with Crippen LogP contribution in [-0.4, -0.2) is 28.0 Å². The van der Waals surface area contributed by atoms with Crippen molar-refractivity contribution >= 4 is 11.6 Å². The van der Waals surface area contributed by atoms with Crippen molar-refractivity contribution in [2.75, 3.05) is 13.1 Å². The predicted octanol–water partition coefficient (Wildman–Crippen LogP) is 3.24. The Hall–Kier alpha value is -0.670. The van der Waals surface area contributed by atoms with Crippen LogP contribution in [0.1, 0.15) is 50.2 Å². The Morgan fingerprint density at radius 2 is 1.95 bits per heavy atom. The third kappa shape index (κ3) is 2.92. The third-order valence-corrected chi connectivity index (χ3v) is 4.66. The molecule has 0 atom stereocenters. The van der Waals surface area contributed by atoms with Gasteiger partial charge in [-0.05, 0) is 50.6 Å². The van der Waals surface area contributed by atoms with Gasteiger partial charge in [0.25, 0.3) is 0 Å². The van der Waals surface area contributed by atoms with Gasteiger partial charge in [-0.25, -0.2) is 9.97 Å². The molecule has 0 aromatic carbocycles. The van der Waals surface area contributed by atoms with Crippen molar-refractivity contribution in [1.82, 2.24) is 14.9 Å². The van der Waals surface area contributed by atoms with E-state index in [2.05, 4.69) is 23.7 Å². The molecule has 0 bridgehead atoms. The Bertz CT molecular complexity index is 479. The van der Waals surface area contributed by atoms with Crippen LogP contribution in [0.25, 0.3) is 0 Å². The molecular formula is C15H22ClN3. The summed E-state index contributed by atoms with van der Waals surface area (Å²) < 4.78 is 0. The van der Waals surface area contributed by atoms with Crippen molar-refractivity contribution in [2.24, 2.45) is 5.41 Å². The lowest BCUT2D eigenvalue weighted by molar-refractivity contribution is 0.304. The van der Waals surface area contributed by atoms with Gasteiger partial charge in [0.05, 0.1) is 6.54 Å². The maximum absolute atomic E-state index is 6.39. The van der Waals surface area contributed by atoms with Crippen LogP contribution in [0.5, 0.6) is 0 Å². The quantitative estimate of drug-likeness (QED) is 0.778. The number of halogens is 1. The average molecular weight is 280 g/mol. The van der Waals surface area contributed by atoms with Crippen molar-refractivity contribution < 1.29 is 0 Å². The SMILES string of the molecule is CC1(C)CCc2nc(CN3CCCC3)nc(Cl)c2C1. The minimum Gasteiger partial charge on any atom is -0.296 e. The van der Waals surface area contributed by atoms with Crippen molar-refractivity contribution in [3.8, 4) is 0 Å². The molecule has 0 spiro atoms. The van der Waals surface area contributed by atoms with E-state index >= 15 is 0 Å². The second-order valence-corrected chi connectivity index (χ2v) is 7.04. The Morgan fingerprint density at radius 1 is 1.21 bits per heavy atom. The number of nitrogens with zero attached hydrogens (tertiary/aromatic N) is 3. The highest BCUT2D eigenvalue weighted by atomic mass is 35.5. The highest BCUT2D eigenvalue weighted by Crippen LogP contribution is 2.36. The van der Waals surface area contributed by atoms with E-state index in [-0.39, 0.29) is 0 Å². The molecule has 3 nitrogen and oxygen atoms in total. The van der Waals surface area contributed by atoms with E-state index in [1.165, 1.54) is 43.6 Å². The lowest BCUT2D eigenvalue weighted by Gasteiger charge is -2.31. The van der Waals surface area contributed by atoms with Crippen molar-refractivity contribution in [3.05, 3.63) is 22.2 Å². The average Bonchev–Trinajstić information content (AvgIpc) is 2.83. The predicted molar refractivity (Wildman–Crippen MR) is 77.4 cm³/mol. The summed E-state index contributed by atoms with van der Waals surface area (Å²) in [7, 11) is 0. The number of rotatable bonds is 2. The summed E-state index contributed by atoms with van der Waals surface area (Å²) in [4.78, 5) is 11.7. The van der Waals surface area contributed by atoms with Crippen LogP contribution in [0.15, 0.2) is 0 Å². The van der Waals surface area contributed by atoms with Gasteiger partial charge >= 0.3 is 0 Å². The zero-order valence-electron chi connectivity index (χ0n) is 11.9. The first-order valence-electron chi connectivity index (χ1n) is 7.30. The standard InChI is InChI=1S/C15H22ClN3/c1-15(2)6-5-12-11(9-15)14(16)18-13(17-12)10-19-7-3-4-8-19/h3-10H2,1-2H3. The van der Waals surface area contributed by atoms with E-state index < -0.39 is 0 Å². The second kappa shape index (κ2) is 5.02. The van der Waals surface area contributed by atoms with Crippen molar-refractivity contribution in [1.29, 1.82) is 0 Å². The highest BCUT2D eigenvalue weighted by Gasteiger charge is 2.29. The molecule has 19 heavy (non-hydrogen) atoms. The summed E-state index contributed by atoms with van der Waals surface area (Å²) in [5, 5.41) is 0.687. The molecule has 1 aromatic rings. The molecule has 1 saturated heterocycles. The first-order chi connectivity index (χ1) is 9.03. The largest absolute Gasteiger partial charge is 0.296 e. The van der Waals surface area contributed by atoms with E-state index in [9.17, 15) is 0 Å². The summed E-state index contributed by atoms with van der Waals surface area (Å²) in [6.07, 6.45) is 5.83. The van der Waals surface area contributed by atoms with E-state index in [0.29, 0.717) is 10.6 Å². The molecule has 0 radical (unpaired) electrons. The van der Waals surface area contributed by atoms with Crippen LogP contribution in [0.4, 0.5) is 0 Å². The summed E-state index contributed by atoms with van der Waals surface area (Å²) in [5.74, 6) is 0.908. The fourth-order valence-corrected chi connectivity index (χ4v) is 3.44. The monoisotopic (exact) mass is 279 g/mol. The summed E-state index contributed by atoms with van der Waals surface area (Å²) >= 11 is 6.39. The fraction of sp³-hybridized carbons (Fsp3) is 0.733. The Labute approximate surface area is 120 Å². The fourth-order valence-electron chi connectivity index (χ4n) is 3.17. The normalized spacial score (nSPS) is 22.5. The molecular weight excluding hydrogens is 258 g/mol. The third-order valence-electron chi connectivity index (χ3n) is 4.35. The molecule has 4 heteroatoms. The summed E-state index contributed by atoms with van der Waals surface area (Å²) in [5.41, 5.74) is 2.70. The number of hydrogen-bond acceptors (Lipinski definition) is 3. The lowest BCUT2D eigenvalue weighted by Crippen LogP contribution is -2.26. The maximum atomic E-state index is 6.39. The van der Waals surface area contributed by atoms with Gasteiger partial charge in [-0.1, -0.05) is 25.4 Å². The molecule has 1 aromatic heterocycles. The van der Waals surface area contributed by atoms with Gasteiger partial charge in [0, 0.05) is 11.3 Å². The minimum atomic E-state index is 0.330. The van der Waals surface area contributed by atoms with E-state index in [1.807, 2.05) is 0 Å². The van der Waals surface area contributed by atoms with Crippen LogP contribution in [0.2, 0.25) is 5.15 Å². The molecule has 2 aliphatic rings. The number of likely N-dealkylation sites (tertiary alicyclic amines) is 1. The summed E-state index contributed by atoms with van der Waals surface area (Å²) in [6, 6.07) is 0. The topological polar surface area (TPSA) is 29.0 Å². The van der Waals surface area contributed by atoms with Gasteiger partial charge < -0.3 is 0 Å². The zero-order valence-corrected chi connectivity index (χ0v) is 12.6. The van der Waals surface area contributed by atoms with Crippen LogP contribution < -0.4 is 0 Å². The smallest absolute Gasteiger partial charge is 0.144 e. The van der Waals surface area contributed by atoms with Crippen molar-refractivity contribution in [2.45, 2.75) is 52.5 Å². The molecule has 3 rings (SSSR count). The van der Waals surface area contributed by atoms with Gasteiger partial charge in [0.1, 0.15) is 11.0 Å². The van der Waals surface area contributed by atoms with Crippen LogP contribution in [0.3, 0.4) is 0 Å². The molecule has 1 fully saturated rings. The molecule has 0 amide bonds. The summed E-state index contributed by atoms with van der Waals surface area (Å²) in [6.45, 7) is 7.79. The van der Waals surface area contributed by atoms with Crippen molar-refractivity contribution in [3.63, 3.8) is 0 Å². The number of hydrogen-bond donors (Lipinski definition) is 0. The minimum absolute atomic E-state index is 0.330. The maximum Gasteiger partial charge on any atom is 0.144 e. The highest BCUT2D eigenvalue weighted by molar-refractivity contribution is 6.30. The van der Waals surface area contributed by atoms with Crippen LogP contribution in [-0.2, 0) is 19.4 Å². The lowest BCUT2D eigenvalue weighted by atomic mass is 9.76. The second-order valence-electron chi connectivity index (χ2n) is 6.68. The first kappa shape index (κ1) is 13.3. The Kier molecular flexibility index (Phi) is 3.52. The first-order valence-corrected chi connectivity index (χ1v) is 7.68. The van der Waals surface area contributed by atoms with E-state index in [0.717, 1.165) is 25.2 Å². The van der Waals surface area contributed by atoms with Gasteiger partial charge in [0.2, 0.25) is 0 Å². The molecule has 2 heterocycles.